The number of aliphatic imine (C=N–C) groups is 1. The van der Waals surface area contributed by atoms with Crippen LogP contribution in [0.3, 0.4) is 0 Å². The standard InChI is InChI=1S/C16H30N6.HI/c1-6-15-21-20-12-22(15)10-9-18-16(19-11-14(4)5)17-8-7-13(2)3;/h12-13H,4,6-11H2,1-3,5H3,(H2,17,18,19);1H. The van der Waals surface area contributed by atoms with Crippen LogP contribution in [0.15, 0.2) is 23.5 Å². The molecule has 0 atom stereocenters. The zero-order valence-corrected chi connectivity index (χ0v) is 17.1. The average Bonchev–Trinajstić information content (AvgIpc) is 2.91. The van der Waals surface area contributed by atoms with Gasteiger partial charge in [0.15, 0.2) is 5.96 Å². The van der Waals surface area contributed by atoms with Gasteiger partial charge in [-0.25, -0.2) is 4.99 Å². The number of aromatic nitrogens is 3. The van der Waals surface area contributed by atoms with Crippen molar-refractivity contribution in [2.45, 2.75) is 47.1 Å². The van der Waals surface area contributed by atoms with E-state index in [2.05, 4.69) is 57.7 Å². The molecule has 0 fully saturated rings. The molecule has 7 heteroatoms. The molecule has 1 aromatic rings. The number of hydrogen-bond acceptors (Lipinski definition) is 3. The molecule has 23 heavy (non-hydrogen) atoms. The molecule has 0 unspecified atom stereocenters. The van der Waals surface area contributed by atoms with Gasteiger partial charge in [0.05, 0.1) is 6.54 Å². The lowest BCUT2D eigenvalue weighted by atomic mass is 10.1. The van der Waals surface area contributed by atoms with Crippen LogP contribution < -0.4 is 10.6 Å². The van der Waals surface area contributed by atoms with E-state index in [1.165, 1.54) is 0 Å². The van der Waals surface area contributed by atoms with Gasteiger partial charge in [-0.1, -0.05) is 32.9 Å². The van der Waals surface area contributed by atoms with Gasteiger partial charge >= 0.3 is 0 Å². The summed E-state index contributed by atoms with van der Waals surface area (Å²) < 4.78 is 2.07. The minimum absolute atomic E-state index is 0. The molecule has 6 nitrogen and oxygen atoms in total. The lowest BCUT2D eigenvalue weighted by molar-refractivity contribution is 0.570. The summed E-state index contributed by atoms with van der Waals surface area (Å²) in [5.41, 5.74) is 1.05. The Kier molecular flexibility index (Phi) is 11.7. The molecule has 0 radical (unpaired) electrons. The highest BCUT2D eigenvalue weighted by molar-refractivity contribution is 14.0. The Bertz CT molecular complexity index is 481. The largest absolute Gasteiger partial charge is 0.356 e. The molecule has 0 bridgehead atoms. The maximum atomic E-state index is 4.54. The van der Waals surface area contributed by atoms with E-state index in [0.717, 1.165) is 49.8 Å². The topological polar surface area (TPSA) is 67.1 Å². The molecule has 1 rings (SSSR count). The van der Waals surface area contributed by atoms with Crippen molar-refractivity contribution in [1.82, 2.24) is 25.4 Å². The van der Waals surface area contributed by atoms with Crippen molar-refractivity contribution in [3.8, 4) is 0 Å². The van der Waals surface area contributed by atoms with Crippen molar-refractivity contribution in [1.29, 1.82) is 0 Å². The first-order chi connectivity index (χ1) is 10.5. The highest BCUT2D eigenvalue weighted by atomic mass is 127. The third-order valence-corrected chi connectivity index (χ3v) is 3.18. The van der Waals surface area contributed by atoms with Gasteiger partial charge in [0.1, 0.15) is 12.2 Å². The van der Waals surface area contributed by atoms with E-state index in [1.54, 1.807) is 6.33 Å². The van der Waals surface area contributed by atoms with Crippen LogP contribution in [0.2, 0.25) is 0 Å². The van der Waals surface area contributed by atoms with Crippen molar-refractivity contribution in [2.24, 2.45) is 10.9 Å². The van der Waals surface area contributed by atoms with Crippen LogP contribution in [0.4, 0.5) is 0 Å². The fourth-order valence-corrected chi connectivity index (χ4v) is 1.90. The van der Waals surface area contributed by atoms with E-state index >= 15 is 0 Å². The van der Waals surface area contributed by atoms with Gasteiger partial charge in [0, 0.05) is 26.1 Å². The summed E-state index contributed by atoms with van der Waals surface area (Å²) >= 11 is 0. The molecule has 0 aromatic carbocycles. The average molecular weight is 434 g/mol. The number of hydrogen-bond donors (Lipinski definition) is 2. The first-order valence-corrected chi connectivity index (χ1v) is 8.06. The van der Waals surface area contributed by atoms with Gasteiger partial charge in [-0.2, -0.15) is 0 Å². The second-order valence-corrected chi connectivity index (χ2v) is 5.95. The van der Waals surface area contributed by atoms with E-state index < -0.39 is 0 Å². The molecule has 0 aliphatic heterocycles. The number of halogens is 1. The lowest BCUT2D eigenvalue weighted by Crippen LogP contribution is -2.40. The van der Waals surface area contributed by atoms with Crippen LogP contribution in [0.5, 0.6) is 0 Å². The van der Waals surface area contributed by atoms with E-state index in [4.69, 9.17) is 0 Å². The zero-order chi connectivity index (χ0) is 16.4. The normalized spacial score (nSPS) is 11.3. The molecule has 1 heterocycles. The lowest BCUT2D eigenvalue weighted by Gasteiger charge is -2.14. The monoisotopic (exact) mass is 434 g/mol. The second-order valence-electron chi connectivity index (χ2n) is 5.95. The Morgan fingerprint density at radius 1 is 1.35 bits per heavy atom. The smallest absolute Gasteiger partial charge is 0.191 e. The summed E-state index contributed by atoms with van der Waals surface area (Å²) in [6.07, 6.45) is 3.79. The van der Waals surface area contributed by atoms with Crippen molar-refractivity contribution in [2.75, 3.05) is 19.6 Å². The summed E-state index contributed by atoms with van der Waals surface area (Å²) in [7, 11) is 0. The van der Waals surface area contributed by atoms with Gasteiger partial charge in [-0.05, 0) is 19.3 Å². The van der Waals surface area contributed by atoms with Crippen LogP contribution in [0.25, 0.3) is 0 Å². The molecule has 0 saturated heterocycles. The first-order valence-electron chi connectivity index (χ1n) is 8.06. The first kappa shape index (κ1) is 21.9. The molecular formula is C16H31IN6. The Labute approximate surface area is 157 Å². The van der Waals surface area contributed by atoms with E-state index in [9.17, 15) is 0 Å². The fraction of sp³-hybridized carbons (Fsp3) is 0.688. The summed E-state index contributed by atoms with van der Waals surface area (Å²) in [5.74, 6) is 2.53. The number of aryl methyl sites for hydroxylation is 1. The highest BCUT2D eigenvalue weighted by Gasteiger charge is 2.03. The molecular weight excluding hydrogens is 403 g/mol. The van der Waals surface area contributed by atoms with Crippen LogP contribution in [0.1, 0.15) is 39.9 Å². The molecule has 2 N–H and O–H groups in total. The van der Waals surface area contributed by atoms with Crippen LogP contribution in [0, 0.1) is 5.92 Å². The van der Waals surface area contributed by atoms with Crippen molar-refractivity contribution in [3.63, 3.8) is 0 Å². The molecule has 0 spiro atoms. The quantitative estimate of drug-likeness (QED) is 0.272. The van der Waals surface area contributed by atoms with Gasteiger partial charge in [-0.3, -0.25) is 0 Å². The van der Waals surface area contributed by atoms with Crippen molar-refractivity contribution < 1.29 is 0 Å². The third-order valence-electron chi connectivity index (χ3n) is 3.18. The molecule has 132 valence electrons. The maximum absolute atomic E-state index is 4.54. The van der Waals surface area contributed by atoms with Crippen LogP contribution in [-0.2, 0) is 13.0 Å². The van der Waals surface area contributed by atoms with E-state index in [-0.39, 0.29) is 24.0 Å². The molecule has 0 saturated carbocycles. The molecule has 0 aliphatic carbocycles. The van der Waals surface area contributed by atoms with Gasteiger partial charge < -0.3 is 15.2 Å². The van der Waals surface area contributed by atoms with Gasteiger partial charge in [0.25, 0.3) is 0 Å². The van der Waals surface area contributed by atoms with Crippen LogP contribution in [-0.4, -0.2) is 40.4 Å². The zero-order valence-electron chi connectivity index (χ0n) is 14.8. The van der Waals surface area contributed by atoms with E-state index in [0.29, 0.717) is 12.5 Å². The van der Waals surface area contributed by atoms with Gasteiger partial charge in [-0.15, -0.1) is 34.2 Å². The number of rotatable bonds is 9. The van der Waals surface area contributed by atoms with Crippen LogP contribution >= 0.6 is 24.0 Å². The number of guanidine groups is 1. The summed E-state index contributed by atoms with van der Waals surface area (Å²) in [6, 6.07) is 0. The number of nitrogens with one attached hydrogen (secondary N) is 2. The van der Waals surface area contributed by atoms with Crippen molar-refractivity contribution in [3.05, 3.63) is 24.3 Å². The Morgan fingerprint density at radius 2 is 2.04 bits per heavy atom. The number of nitrogens with zero attached hydrogens (tertiary/aromatic N) is 4. The summed E-state index contributed by atoms with van der Waals surface area (Å²) in [6.45, 7) is 15.6. The summed E-state index contributed by atoms with van der Waals surface area (Å²) in [4.78, 5) is 4.54. The SMILES string of the molecule is C=C(C)CN=C(NCCC(C)C)NCCn1cnnc1CC.I. The van der Waals surface area contributed by atoms with Gasteiger partial charge in [0.2, 0.25) is 0 Å². The Morgan fingerprint density at radius 3 is 2.65 bits per heavy atom. The second kappa shape index (κ2) is 12.3. The third kappa shape index (κ3) is 9.58. The summed E-state index contributed by atoms with van der Waals surface area (Å²) in [5, 5.41) is 14.8. The highest BCUT2D eigenvalue weighted by Crippen LogP contribution is 1.97. The predicted molar refractivity (Wildman–Crippen MR) is 107 cm³/mol. The Hall–Kier alpha value is -1.12. The molecule has 1 aromatic heterocycles. The minimum Gasteiger partial charge on any atom is -0.356 e. The minimum atomic E-state index is 0. The predicted octanol–water partition coefficient (Wildman–Crippen LogP) is 2.62. The molecule has 0 aliphatic rings. The Balaban J connectivity index is 0.00000484. The van der Waals surface area contributed by atoms with Crippen molar-refractivity contribution >= 4 is 29.9 Å². The maximum Gasteiger partial charge on any atom is 0.191 e. The fourth-order valence-electron chi connectivity index (χ4n) is 1.90. The van der Waals surface area contributed by atoms with E-state index in [1.807, 2.05) is 6.92 Å². The molecule has 0 amide bonds.